The van der Waals surface area contributed by atoms with Crippen LogP contribution in [0, 0.1) is 69.0 Å². The Kier molecular flexibility index (Phi) is 14.1. The van der Waals surface area contributed by atoms with Crippen molar-refractivity contribution in [3.05, 3.63) is 83.4 Å². The van der Waals surface area contributed by atoms with Crippen molar-refractivity contribution >= 4 is 33.5 Å². The van der Waals surface area contributed by atoms with Crippen molar-refractivity contribution in [3.63, 3.8) is 0 Å². The molecule has 3 heterocycles. The van der Waals surface area contributed by atoms with Crippen LogP contribution in [-0.4, -0.2) is 69.3 Å². The number of rotatable bonds is 8. The molecule has 1 saturated heterocycles. The van der Waals surface area contributed by atoms with Gasteiger partial charge < -0.3 is 24.8 Å². The molecular weight excluding hydrogens is 849 g/mol. The summed E-state index contributed by atoms with van der Waals surface area (Å²) in [7, 11) is 3.87. The van der Waals surface area contributed by atoms with Gasteiger partial charge >= 0.3 is 11.9 Å². The molecule has 352 valence electrons. The number of carbonyl (C=O) groups excluding carboxylic acids is 2. The number of fused-ring (bicyclic) bond motifs is 2. The summed E-state index contributed by atoms with van der Waals surface area (Å²) in [6, 6.07) is 21.4. The first-order chi connectivity index (χ1) is 31.3. The molecule has 13 atom stereocenters. The molecule has 2 aromatic carbocycles. The summed E-state index contributed by atoms with van der Waals surface area (Å²) in [5.74, 6) is 9.50. The summed E-state index contributed by atoms with van der Waals surface area (Å²) in [6.07, 6.45) is 12.1. The van der Waals surface area contributed by atoms with E-state index >= 15 is 4.79 Å². The number of aliphatic hydroxyl groups excluding tert-OH is 2. The number of esters is 2. The first-order valence-electron chi connectivity index (χ1n) is 25.3. The van der Waals surface area contributed by atoms with E-state index < -0.39 is 51.5 Å². The standard InChI is InChI=1S/C56H74O7S2/c1-38-19-22-47(57)56-48(58)24-27-53(3,44-17-10-11-18-44)50(56)46-34-52(2,55(56,61)28-23-42-32-49(59)62-35-42)25-12-26-54(51(60)63-46)33-41(30-39-13-6-4-7-14-39)20-21-45(54)37-65-64-36-43(29-38)31-40-15-8-5-9-16-40/h4-9,13-16,32,38,41,43-48,50,57-58,61H,10-11,17-24,26-31,33-37H2,1-3H3. The van der Waals surface area contributed by atoms with E-state index in [1.165, 1.54) is 11.1 Å². The molecule has 0 aromatic heterocycles. The number of hydrogen-bond acceptors (Lipinski definition) is 9. The summed E-state index contributed by atoms with van der Waals surface area (Å²) in [5.41, 5.74) is -2.19. The Morgan fingerprint density at radius 1 is 0.785 bits per heavy atom. The first-order valence-corrected chi connectivity index (χ1v) is 27.8. The maximum atomic E-state index is 15.9. The van der Waals surface area contributed by atoms with Crippen LogP contribution in [0.3, 0.4) is 0 Å². The molecule has 2 aromatic rings. The summed E-state index contributed by atoms with van der Waals surface area (Å²) >= 11 is 0. The zero-order valence-electron chi connectivity index (χ0n) is 39.2. The predicted molar refractivity (Wildman–Crippen MR) is 260 cm³/mol. The third-order valence-electron chi connectivity index (χ3n) is 18.6. The average molecular weight is 923 g/mol. The minimum atomic E-state index is -1.71. The normalized spacial score (nSPS) is 41.4. The van der Waals surface area contributed by atoms with Crippen LogP contribution in [0.4, 0.5) is 0 Å². The van der Waals surface area contributed by atoms with Crippen molar-refractivity contribution < 1.29 is 34.4 Å². The smallest absolute Gasteiger partial charge is 0.331 e. The van der Waals surface area contributed by atoms with Crippen LogP contribution in [0.25, 0.3) is 0 Å². The van der Waals surface area contributed by atoms with Crippen LogP contribution in [0.15, 0.2) is 72.3 Å². The molecule has 3 N–H and O–H groups in total. The quantitative estimate of drug-likeness (QED) is 0.135. The fourth-order valence-electron chi connectivity index (χ4n) is 15.3. The van der Waals surface area contributed by atoms with Crippen molar-refractivity contribution in [3.8, 4) is 11.8 Å². The lowest BCUT2D eigenvalue weighted by Gasteiger charge is -2.71. The minimum absolute atomic E-state index is 0.0565. The molecule has 4 bridgehead atoms. The van der Waals surface area contributed by atoms with E-state index in [1.54, 1.807) is 6.08 Å². The van der Waals surface area contributed by atoms with Gasteiger partial charge in [0.25, 0.3) is 0 Å². The number of benzene rings is 2. The number of aliphatic hydroxyl groups is 3. The van der Waals surface area contributed by atoms with Gasteiger partial charge in [-0.3, -0.25) is 4.79 Å². The van der Waals surface area contributed by atoms with E-state index in [-0.39, 0.29) is 42.7 Å². The highest BCUT2D eigenvalue weighted by Crippen LogP contribution is 2.72. The lowest BCUT2D eigenvalue weighted by atomic mass is 9.35. The summed E-state index contributed by atoms with van der Waals surface area (Å²) in [4.78, 5) is 28.4. The van der Waals surface area contributed by atoms with Crippen molar-refractivity contribution in [2.24, 2.45) is 57.2 Å². The molecule has 9 heteroatoms. The van der Waals surface area contributed by atoms with Gasteiger partial charge in [-0.05, 0) is 149 Å². The Hall–Kier alpha value is -2.74. The Bertz CT molecular complexity index is 2100. The lowest BCUT2D eigenvalue weighted by Crippen LogP contribution is -2.79. The summed E-state index contributed by atoms with van der Waals surface area (Å²) < 4.78 is 12.7. The second kappa shape index (κ2) is 19.3. The van der Waals surface area contributed by atoms with E-state index in [0.717, 1.165) is 87.7 Å². The van der Waals surface area contributed by atoms with Crippen LogP contribution < -0.4 is 0 Å². The number of carbonyl (C=O) groups is 2. The molecule has 13 unspecified atom stereocenters. The third kappa shape index (κ3) is 8.81. The largest absolute Gasteiger partial charge is 0.462 e. The second-order valence-corrected chi connectivity index (χ2v) is 25.0. The minimum Gasteiger partial charge on any atom is -0.462 e. The van der Waals surface area contributed by atoms with Gasteiger partial charge in [0.1, 0.15) is 12.7 Å². The highest BCUT2D eigenvalue weighted by Gasteiger charge is 2.78. The molecule has 65 heavy (non-hydrogen) atoms. The van der Waals surface area contributed by atoms with Crippen LogP contribution in [0.1, 0.15) is 135 Å². The molecule has 1 spiro atoms. The van der Waals surface area contributed by atoms with Gasteiger partial charge in [-0.1, -0.05) is 115 Å². The number of cyclic esters (lactones) is 1. The summed E-state index contributed by atoms with van der Waals surface area (Å²) in [6.45, 7) is 6.86. The molecule has 3 aliphatic heterocycles. The fourth-order valence-corrected chi connectivity index (χ4v) is 18.2. The molecule has 4 aliphatic carbocycles. The highest BCUT2D eigenvalue weighted by molar-refractivity contribution is 8.76. The van der Waals surface area contributed by atoms with Gasteiger partial charge in [-0.25, -0.2) is 4.79 Å². The van der Waals surface area contributed by atoms with Gasteiger partial charge in [-0.15, -0.1) is 5.92 Å². The van der Waals surface area contributed by atoms with Crippen molar-refractivity contribution in [1.29, 1.82) is 0 Å². The topological polar surface area (TPSA) is 113 Å². The van der Waals surface area contributed by atoms with Crippen molar-refractivity contribution in [1.82, 2.24) is 0 Å². The Morgan fingerprint density at radius 2 is 1.46 bits per heavy atom. The van der Waals surface area contributed by atoms with E-state index in [9.17, 15) is 20.1 Å². The fraction of sp³-hybridized carbons (Fsp3) is 0.679. The molecule has 7 aliphatic rings. The van der Waals surface area contributed by atoms with Crippen molar-refractivity contribution in [2.45, 2.75) is 160 Å². The SMILES string of the molecule is CC1CCC(O)C23C(O)CCC(C)(C4CCCC4)C2C2CC(C)(C#CCC4(CC(Cc5ccccc5)CCC4CSSCC(Cc4ccccc4)C1)C(=O)O2)C3(O)CCC1=CC(=O)OC1. The zero-order valence-corrected chi connectivity index (χ0v) is 40.8. The van der Waals surface area contributed by atoms with Gasteiger partial charge in [0.05, 0.1) is 34.1 Å². The molecule has 0 radical (unpaired) electrons. The van der Waals surface area contributed by atoms with Gasteiger partial charge in [0.15, 0.2) is 0 Å². The average Bonchev–Trinajstić information content (AvgIpc) is 4.00. The molecule has 9 rings (SSSR count). The molecule has 4 saturated carbocycles. The second-order valence-electron chi connectivity index (χ2n) is 22.4. The predicted octanol–water partition coefficient (Wildman–Crippen LogP) is 10.7. The number of hydrogen-bond donors (Lipinski definition) is 3. The Balaban J connectivity index is 1.21. The Labute approximate surface area is 396 Å². The van der Waals surface area contributed by atoms with Crippen LogP contribution >= 0.6 is 21.6 Å². The van der Waals surface area contributed by atoms with E-state index in [2.05, 4.69) is 86.4 Å². The van der Waals surface area contributed by atoms with Crippen LogP contribution in [0.2, 0.25) is 0 Å². The van der Waals surface area contributed by atoms with Gasteiger partial charge in [0, 0.05) is 36.3 Å². The monoisotopic (exact) mass is 922 g/mol. The van der Waals surface area contributed by atoms with E-state index in [1.807, 2.05) is 28.5 Å². The maximum absolute atomic E-state index is 15.9. The molecule has 7 nitrogen and oxygen atoms in total. The van der Waals surface area contributed by atoms with E-state index in [0.29, 0.717) is 50.4 Å². The Morgan fingerprint density at radius 3 is 2.15 bits per heavy atom. The first kappa shape index (κ1) is 47.3. The highest BCUT2D eigenvalue weighted by atomic mass is 33.1. The summed E-state index contributed by atoms with van der Waals surface area (Å²) in [5, 5.41) is 41.1. The molecule has 0 amide bonds. The molecule has 5 fully saturated rings. The zero-order chi connectivity index (χ0) is 45.5. The van der Waals surface area contributed by atoms with Gasteiger partial charge in [-0.2, -0.15) is 0 Å². The number of ether oxygens (including phenoxy) is 2. The third-order valence-corrected chi connectivity index (χ3v) is 21.2. The van der Waals surface area contributed by atoms with E-state index in [4.69, 9.17) is 9.47 Å². The van der Waals surface area contributed by atoms with Crippen molar-refractivity contribution in [2.75, 3.05) is 18.1 Å². The van der Waals surface area contributed by atoms with Crippen LogP contribution in [0.5, 0.6) is 0 Å². The van der Waals surface area contributed by atoms with Crippen LogP contribution in [-0.2, 0) is 31.9 Å². The maximum Gasteiger partial charge on any atom is 0.331 e. The molecular formula is C56H74O7S2. The van der Waals surface area contributed by atoms with Gasteiger partial charge in [0.2, 0.25) is 0 Å². The lowest BCUT2D eigenvalue weighted by molar-refractivity contribution is -0.338.